The molecule has 20 heavy (non-hydrogen) atoms. The van der Waals surface area contributed by atoms with Crippen molar-refractivity contribution in [2.75, 3.05) is 34.5 Å². The molecule has 0 aliphatic carbocycles. The third-order valence-electron chi connectivity index (χ3n) is 3.82. The molecule has 0 radical (unpaired) electrons. The third kappa shape index (κ3) is 3.27. The van der Waals surface area contributed by atoms with Crippen molar-refractivity contribution in [3.05, 3.63) is 22.2 Å². The number of hydrogen-bond donors (Lipinski definition) is 1. The molecule has 1 saturated heterocycles. The standard InChI is InChI=1S/C15H22BrNO3/c1-17-15(10-5-4-6-20-9-10)11-7-14(19-3)12(16)8-13(11)18-2/h7-8,10,15,17H,4-6,9H2,1-3H3. The number of hydrogen-bond acceptors (Lipinski definition) is 4. The summed E-state index contributed by atoms with van der Waals surface area (Å²) >= 11 is 3.50. The summed E-state index contributed by atoms with van der Waals surface area (Å²) in [5, 5.41) is 3.40. The van der Waals surface area contributed by atoms with E-state index in [0.29, 0.717) is 5.92 Å². The molecule has 2 unspecified atom stereocenters. The maximum atomic E-state index is 5.62. The Bertz CT molecular complexity index is 447. The summed E-state index contributed by atoms with van der Waals surface area (Å²) < 4.78 is 17.5. The molecule has 0 spiro atoms. The van der Waals surface area contributed by atoms with Gasteiger partial charge in [-0.05, 0) is 48.0 Å². The monoisotopic (exact) mass is 343 g/mol. The van der Waals surface area contributed by atoms with Crippen LogP contribution >= 0.6 is 15.9 Å². The Hall–Kier alpha value is -0.780. The topological polar surface area (TPSA) is 39.7 Å². The van der Waals surface area contributed by atoms with Gasteiger partial charge in [-0.1, -0.05) is 0 Å². The maximum Gasteiger partial charge on any atom is 0.133 e. The van der Waals surface area contributed by atoms with Crippen molar-refractivity contribution >= 4 is 15.9 Å². The van der Waals surface area contributed by atoms with E-state index in [1.807, 2.05) is 19.2 Å². The minimum atomic E-state index is 0.201. The largest absolute Gasteiger partial charge is 0.496 e. The van der Waals surface area contributed by atoms with Crippen LogP contribution in [-0.4, -0.2) is 34.5 Å². The fourth-order valence-electron chi connectivity index (χ4n) is 2.80. The van der Waals surface area contributed by atoms with E-state index in [1.54, 1.807) is 14.2 Å². The van der Waals surface area contributed by atoms with E-state index in [2.05, 4.69) is 21.2 Å². The molecule has 2 rings (SSSR count). The number of rotatable bonds is 5. The van der Waals surface area contributed by atoms with Gasteiger partial charge in [0.15, 0.2) is 0 Å². The molecule has 112 valence electrons. The van der Waals surface area contributed by atoms with Crippen LogP contribution < -0.4 is 14.8 Å². The van der Waals surface area contributed by atoms with Crippen LogP contribution in [-0.2, 0) is 4.74 Å². The quantitative estimate of drug-likeness (QED) is 0.891. The van der Waals surface area contributed by atoms with E-state index in [-0.39, 0.29) is 6.04 Å². The molecule has 0 aromatic heterocycles. The van der Waals surface area contributed by atoms with E-state index in [4.69, 9.17) is 14.2 Å². The minimum Gasteiger partial charge on any atom is -0.496 e. The van der Waals surface area contributed by atoms with Crippen LogP contribution in [0.2, 0.25) is 0 Å². The summed E-state index contributed by atoms with van der Waals surface area (Å²) in [6.45, 7) is 1.65. The van der Waals surface area contributed by atoms with Crippen LogP contribution in [0.25, 0.3) is 0 Å². The van der Waals surface area contributed by atoms with Gasteiger partial charge in [0.25, 0.3) is 0 Å². The second-order valence-corrected chi connectivity index (χ2v) is 5.83. The lowest BCUT2D eigenvalue weighted by Gasteiger charge is -2.31. The molecule has 1 aromatic carbocycles. The summed E-state index contributed by atoms with van der Waals surface area (Å²) in [5.74, 6) is 2.13. The van der Waals surface area contributed by atoms with Gasteiger partial charge in [-0.2, -0.15) is 0 Å². The molecule has 1 heterocycles. The summed E-state index contributed by atoms with van der Waals surface area (Å²) in [5.41, 5.74) is 1.12. The van der Waals surface area contributed by atoms with Gasteiger partial charge in [0.2, 0.25) is 0 Å². The number of methoxy groups -OCH3 is 2. The van der Waals surface area contributed by atoms with Crippen LogP contribution in [0.15, 0.2) is 16.6 Å². The predicted octanol–water partition coefficient (Wildman–Crippen LogP) is 3.15. The molecule has 1 aromatic rings. The average Bonchev–Trinajstić information content (AvgIpc) is 2.50. The third-order valence-corrected chi connectivity index (χ3v) is 4.44. The molecular formula is C15H22BrNO3. The molecule has 1 aliphatic rings. The summed E-state index contributed by atoms with van der Waals surface area (Å²) in [7, 11) is 5.35. The van der Waals surface area contributed by atoms with Crippen molar-refractivity contribution in [1.82, 2.24) is 5.32 Å². The van der Waals surface area contributed by atoms with E-state index < -0.39 is 0 Å². The Morgan fingerprint density at radius 2 is 2.05 bits per heavy atom. The Balaban J connectivity index is 2.36. The van der Waals surface area contributed by atoms with Crippen molar-refractivity contribution in [2.45, 2.75) is 18.9 Å². The predicted molar refractivity (Wildman–Crippen MR) is 82.6 cm³/mol. The molecule has 1 aliphatic heterocycles. The zero-order valence-corrected chi connectivity index (χ0v) is 13.8. The highest BCUT2D eigenvalue weighted by molar-refractivity contribution is 9.10. The van der Waals surface area contributed by atoms with Crippen LogP contribution in [0.5, 0.6) is 11.5 Å². The summed E-state index contributed by atoms with van der Waals surface area (Å²) in [4.78, 5) is 0. The van der Waals surface area contributed by atoms with Crippen LogP contribution in [0.1, 0.15) is 24.4 Å². The van der Waals surface area contributed by atoms with Gasteiger partial charge in [0, 0.05) is 24.1 Å². The highest BCUT2D eigenvalue weighted by Gasteiger charge is 2.27. The zero-order valence-electron chi connectivity index (χ0n) is 12.2. The molecule has 0 bridgehead atoms. The normalized spacial score (nSPS) is 20.5. The van der Waals surface area contributed by atoms with Crippen LogP contribution in [0.4, 0.5) is 0 Å². The van der Waals surface area contributed by atoms with Gasteiger partial charge in [-0.3, -0.25) is 0 Å². The van der Waals surface area contributed by atoms with E-state index >= 15 is 0 Å². The molecule has 5 heteroatoms. The van der Waals surface area contributed by atoms with E-state index in [1.165, 1.54) is 0 Å². The van der Waals surface area contributed by atoms with Crippen molar-refractivity contribution in [2.24, 2.45) is 5.92 Å². The molecular weight excluding hydrogens is 322 g/mol. The summed E-state index contributed by atoms with van der Waals surface area (Å²) in [6, 6.07) is 4.20. The van der Waals surface area contributed by atoms with Crippen LogP contribution in [0.3, 0.4) is 0 Å². The Kier molecular flexibility index (Phi) is 5.69. The number of nitrogens with one attached hydrogen (secondary N) is 1. The van der Waals surface area contributed by atoms with Crippen LogP contribution in [0, 0.1) is 5.92 Å². The number of benzene rings is 1. The number of ether oxygens (including phenoxy) is 3. The average molecular weight is 344 g/mol. The number of halogens is 1. The van der Waals surface area contributed by atoms with Gasteiger partial charge in [0.1, 0.15) is 11.5 Å². The lowest BCUT2D eigenvalue weighted by Crippen LogP contribution is -2.31. The first-order chi connectivity index (χ1) is 9.71. The molecule has 2 atom stereocenters. The first-order valence-electron chi connectivity index (χ1n) is 6.87. The van der Waals surface area contributed by atoms with Gasteiger partial charge in [-0.25, -0.2) is 0 Å². The Morgan fingerprint density at radius 1 is 1.30 bits per heavy atom. The fourth-order valence-corrected chi connectivity index (χ4v) is 3.29. The molecule has 4 nitrogen and oxygen atoms in total. The molecule has 0 amide bonds. The molecule has 1 fully saturated rings. The van der Waals surface area contributed by atoms with Gasteiger partial charge >= 0.3 is 0 Å². The highest BCUT2D eigenvalue weighted by Crippen LogP contribution is 2.39. The molecule has 0 saturated carbocycles. The second-order valence-electron chi connectivity index (χ2n) is 4.97. The van der Waals surface area contributed by atoms with Crippen molar-refractivity contribution in [1.29, 1.82) is 0 Å². The van der Waals surface area contributed by atoms with E-state index in [9.17, 15) is 0 Å². The first kappa shape index (κ1) is 15.6. The Morgan fingerprint density at radius 3 is 2.60 bits per heavy atom. The maximum absolute atomic E-state index is 5.62. The lowest BCUT2D eigenvalue weighted by molar-refractivity contribution is 0.0398. The van der Waals surface area contributed by atoms with Crippen molar-refractivity contribution in [3.8, 4) is 11.5 Å². The van der Waals surface area contributed by atoms with Crippen molar-refractivity contribution < 1.29 is 14.2 Å². The van der Waals surface area contributed by atoms with Crippen molar-refractivity contribution in [3.63, 3.8) is 0 Å². The first-order valence-corrected chi connectivity index (χ1v) is 7.67. The SMILES string of the molecule is CNC(c1cc(OC)c(Br)cc1OC)C1CCCOC1. The lowest BCUT2D eigenvalue weighted by atomic mass is 9.88. The summed E-state index contributed by atoms with van der Waals surface area (Å²) in [6.07, 6.45) is 2.27. The highest BCUT2D eigenvalue weighted by atomic mass is 79.9. The smallest absolute Gasteiger partial charge is 0.133 e. The van der Waals surface area contributed by atoms with Gasteiger partial charge < -0.3 is 19.5 Å². The Labute approximate surface area is 128 Å². The minimum absolute atomic E-state index is 0.201. The van der Waals surface area contributed by atoms with Gasteiger partial charge in [0.05, 0.1) is 25.3 Å². The molecule has 1 N–H and O–H groups in total. The zero-order chi connectivity index (χ0) is 14.5. The van der Waals surface area contributed by atoms with E-state index in [0.717, 1.165) is 47.6 Å². The van der Waals surface area contributed by atoms with Gasteiger partial charge in [-0.15, -0.1) is 0 Å². The fraction of sp³-hybridized carbons (Fsp3) is 0.600. The second kappa shape index (κ2) is 7.29.